The van der Waals surface area contributed by atoms with E-state index in [0.29, 0.717) is 11.3 Å². The summed E-state index contributed by atoms with van der Waals surface area (Å²) in [5, 5.41) is 13.4. The molecule has 0 radical (unpaired) electrons. The first-order valence-corrected chi connectivity index (χ1v) is 4.95. The third-order valence-electron chi connectivity index (χ3n) is 2.38. The average molecular weight is 212 g/mol. The Hall–Kier alpha value is -2.28. The summed E-state index contributed by atoms with van der Waals surface area (Å²) in [6, 6.07) is 9.34. The predicted octanol–water partition coefficient (Wildman–Crippen LogP) is 1.94. The average Bonchev–Trinajstić information content (AvgIpc) is 2.57. The number of aromatic nitrogens is 2. The van der Waals surface area contributed by atoms with Gasteiger partial charge in [-0.05, 0) is 38.1 Å². The number of hydrogen-bond donors (Lipinski definition) is 1. The Labute approximate surface area is 93.9 Å². The monoisotopic (exact) mass is 212 g/mol. The van der Waals surface area contributed by atoms with Crippen LogP contribution in [0.2, 0.25) is 0 Å². The van der Waals surface area contributed by atoms with Crippen molar-refractivity contribution < 1.29 is 0 Å². The molecule has 0 bridgehead atoms. The first-order valence-electron chi connectivity index (χ1n) is 4.95. The van der Waals surface area contributed by atoms with Crippen LogP contribution in [0.5, 0.6) is 0 Å². The van der Waals surface area contributed by atoms with E-state index in [2.05, 4.69) is 11.2 Å². The van der Waals surface area contributed by atoms with Crippen molar-refractivity contribution in [2.24, 2.45) is 0 Å². The molecule has 0 unspecified atom stereocenters. The molecule has 0 aliphatic heterocycles. The molecule has 4 heteroatoms. The van der Waals surface area contributed by atoms with E-state index in [-0.39, 0.29) is 0 Å². The highest BCUT2D eigenvalue weighted by Crippen LogP contribution is 2.18. The molecule has 0 spiro atoms. The van der Waals surface area contributed by atoms with Gasteiger partial charge in [0.1, 0.15) is 6.07 Å². The third kappa shape index (κ3) is 1.63. The van der Waals surface area contributed by atoms with Gasteiger partial charge in [-0.3, -0.25) is 0 Å². The van der Waals surface area contributed by atoms with E-state index in [1.165, 1.54) is 0 Å². The summed E-state index contributed by atoms with van der Waals surface area (Å²) in [5.74, 6) is 0. The highest BCUT2D eigenvalue weighted by molar-refractivity contribution is 5.56. The number of anilines is 1. The van der Waals surface area contributed by atoms with Crippen LogP contribution in [0.15, 0.2) is 24.3 Å². The van der Waals surface area contributed by atoms with Crippen LogP contribution in [-0.2, 0) is 0 Å². The van der Waals surface area contributed by atoms with E-state index in [4.69, 9.17) is 11.0 Å². The van der Waals surface area contributed by atoms with Crippen molar-refractivity contribution in [1.29, 1.82) is 5.26 Å². The summed E-state index contributed by atoms with van der Waals surface area (Å²) < 4.78 is 1.76. The van der Waals surface area contributed by atoms with Gasteiger partial charge >= 0.3 is 0 Å². The molecule has 2 aromatic rings. The molecule has 2 rings (SSSR count). The molecule has 1 aromatic carbocycles. The van der Waals surface area contributed by atoms with E-state index in [1.807, 2.05) is 26.0 Å². The minimum atomic E-state index is 0.534. The minimum Gasteiger partial charge on any atom is -0.399 e. The number of nitrogen functional groups attached to an aromatic ring is 1. The van der Waals surface area contributed by atoms with Crippen LogP contribution < -0.4 is 5.73 Å². The Morgan fingerprint density at radius 1 is 1.31 bits per heavy atom. The van der Waals surface area contributed by atoms with Gasteiger partial charge in [0.2, 0.25) is 0 Å². The number of rotatable bonds is 1. The van der Waals surface area contributed by atoms with E-state index in [1.54, 1.807) is 16.8 Å². The number of benzene rings is 1. The summed E-state index contributed by atoms with van der Waals surface area (Å²) in [5.41, 5.74) is 9.46. The number of hydrogen-bond acceptors (Lipinski definition) is 3. The highest BCUT2D eigenvalue weighted by atomic mass is 15.3. The summed E-state index contributed by atoms with van der Waals surface area (Å²) >= 11 is 0. The zero-order valence-electron chi connectivity index (χ0n) is 9.23. The molecule has 80 valence electrons. The van der Waals surface area contributed by atoms with Crippen molar-refractivity contribution in [3.05, 3.63) is 41.2 Å². The molecule has 0 fully saturated rings. The van der Waals surface area contributed by atoms with Crippen LogP contribution >= 0.6 is 0 Å². The molecule has 4 nitrogen and oxygen atoms in total. The maximum absolute atomic E-state index is 9.06. The smallest absolute Gasteiger partial charge is 0.101 e. The van der Waals surface area contributed by atoms with Crippen molar-refractivity contribution in [2.75, 3.05) is 5.73 Å². The Morgan fingerprint density at radius 3 is 2.62 bits per heavy atom. The largest absolute Gasteiger partial charge is 0.399 e. The molecule has 0 amide bonds. The predicted molar refractivity (Wildman–Crippen MR) is 62.2 cm³/mol. The van der Waals surface area contributed by atoms with Crippen LogP contribution in [0.25, 0.3) is 5.69 Å². The van der Waals surface area contributed by atoms with Crippen LogP contribution in [0, 0.1) is 25.2 Å². The van der Waals surface area contributed by atoms with Crippen LogP contribution in [0.3, 0.4) is 0 Å². The SMILES string of the molecule is Cc1cc(C)n(-c2ccc(N)cc2C#N)n1. The topological polar surface area (TPSA) is 67.6 Å². The first-order chi connectivity index (χ1) is 7.61. The van der Waals surface area contributed by atoms with E-state index < -0.39 is 0 Å². The van der Waals surface area contributed by atoms with E-state index in [9.17, 15) is 0 Å². The van der Waals surface area contributed by atoms with Gasteiger partial charge in [0.05, 0.1) is 16.9 Å². The standard InChI is InChI=1S/C12H12N4/c1-8-5-9(2)16(15-8)12-4-3-11(14)6-10(12)7-13/h3-6H,14H2,1-2H3. The van der Waals surface area contributed by atoms with Crippen LogP contribution in [0.4, 0.5) is 5.69 Å². The molecule has 0 saturated heterocycles. The summed E-state index contributed by atoms with van der Waals surface area (Å²) in [7, 11) is 0. The molecule has 0 saturated carbocycles. The fraction of sp³-hybridized carbons (Fsp3) is 0.167. The van der Waals surface area contributed by atoms with Gasteiger partial charge in [0, 0.05) is 11.4 Å². The second-order valence-electron chi connectivity index (χ2n) is 3.73. The molecule has 1 heterocycles. The summed E-state index contributed by atoms with van der Waals surface area (Å²) in [6.07, 6.45) is 0. The summed E-state index contributed by atoms with van der Waals surface area (Å²) in [4.78, 5) is 0. The normalized spacial score (nSPS) is 10.1. The lowest BCUT2D eigenvalue weighted by atomic mass is 10.1. The van der Waals surface area contributed by atoms with Gasteiger partial charge < -0.3 is 5.73 Å². The quantitative estimate of drug-likeness (QED) is 0.734. The molecule has 0 aliphatic rings. The van der Waals surface area contributed by atoms with Crippen molar-refractivity contribution in [2.45, 2.75) is 13.8 Å². The van der Waals surface area contributed by atoms with Crippen molar-refractivity contribution in [1.82, 2.24) is 9.78 Å². The van der Waals surface area contributed by atoms with Crippen LogP contribution in [0.1, 0.15) is 17.0 Å². The van der Waals surface area contributed by atoms with E-state index >= 15 is 0 Å². The van der Waals surface area contributed by atoms with Crippen molar-refractivity contribution in [3.8, 4) is 11.8 Å². The highest BCUT2D eigenvalue weighted by Gasteiger charge is 2.08. The number of nitriles is 1. The lowest BCUT2D eigenvalue weighted by molar-refractivity contribution is 0.831. The van der Waals surface area contributed by atoms with Gasteiger partial charge in [-0.1, -0.05) is 0 Å². The zero-order chi connectivity index (χ0) is 11.7. The Morgan fingerprint density at radius 2 is 2.06 bits per heavy atom. The van der Waals surface area contributed by atoms with Crippen molar-refractivity contribution >= 4 is 5.69 Å². The number of nitrogens with two attached hydrogens (primary N) is 1. The van der Waals surface area contributed by atoms with Gasteiger partial charge in [0.25, 0.3) is 0 Å². The molecular weight excluding hydrogens is 200 g/mol. The van der Waals surface area contributed by atoms with Gasteiger partial charge in [-0.2, -0.15) is 10.4 Å². The van der Waals surface area contributed by atoms with Gasteiger partial charge in [-0.15, -0.1) is 0 Å². The second-order valence-corrected chi connectivity index (χ2v) is 3.73. The lowest BCUT2D eigenvalue weighted by Crippen LogP contribution is -2.02. The first kappa shape index (κ1) is 10.2. The fourth-order valence-electron chi connectivity index (χ4n) is 1.70. The number of nitrogens with zero attached hydrogens (tertiary/aromatic N) is 3. The van der Waals surface area contributed by atoms with Gasteiger partial charge in [0.15, 0.2) is 0 Å². The molecule has 2 N–H and O–H groups in total. The van der Waals surface area contributed by atoms with Crippen molar-refractivity contribution in [3.63, 3.8) is 0 Å². The Kier molecular flexibility index (Phi) is 2.37. The lowest BCUT2D eigenvalue weighted by Gasteiger charge is -2.06. The van der Waals surface area contributed by atoms with E-state index in [0.717, 1.165) is 17.1 Å². The minimum absolute atomic E-state index is 0.534. The molecule has 16 heavy (non-hydrogen) atoms. The third-order valence-corrected chi connectivity index (χ3v) is 2.38. The fourth-order valence-corrected chi connectivity index (χ4v) is 1.70. The van der Waals surface area contributed by atoms with Crippen LogP contribution in [-0.4, -0.2) is 9.78 Å². The summed E-state index contributed by atoms with van der Waals surface area (Å²) in [6.45, 7) is 3.88. The Balaban J connectivity index is 2.65. The number of aryl methyl sites for hydroxylation is 2. The molecule has 0 atom stereocenters. The molecule has 1 aromatic heterocycles. The molecular formula is C12H12N4. The Bertz CT molecular complexity index is 575. The van der Waals surface area contributed by atoms with Gasteiger partial charge in [-0.25, -0.2) is 4.68 Å². The maximum atomic E-state index is 9.06. The maximum Gasteiger partial charge on any atom is 0.101 e. The second kappa shape index (κ2) is 3.70. The molecule has 0 aliphatic carbocycles. The zero-order valence-corrected chi connectivity index (χ0v) is 9.23.